The van der Waals surface area contributed by atoms with Crippen LogP contribution in [0.5, 0.6) is 5.75 Å². The minimum atomic E-state index is -0.180. The fourth-order valence-corrected chi connectivity index (χ4v) is 5.35. The third-order valence-electron chi connectivity index (χ3n) is 6.68. The second-order valence-corrected chi connectivity index (χ2v) is 10.2. The maximum absolute atomic E-state index is 12.7. The van der Waals surface area contributed by atoms with Gasteiger partial charge in [-0.15, -0.1) is 10.2 Å². The van der Waals surface area contributed by atoms with Crippen LogP contribution in [-0.2, 0) is 13.0 Å². The number of nitrogens with one attached hydrogen (secondary N) is 1. The first-order chi connectivity index (χ1) is 17.7. The highest BCUT2D eigenvalue weighted by Gasteiger charge is 2.20. The lowest BCUT2D eigenvalue weighted by atomic mass is 9.90. The van der Waals surface area contributed by atoms with E-state index < -0.39 is 0 Å². The van der Waals surface area contributed by atoms with Crippen LogP contribution < -0.4 is 10.1 Å². The molecule has 0 atom stereocenters. The molecule has 1 saturated heterocycles. The smallest absolute Gasteiger partial charge is 0.257 e. The van der Waals surface area contributed by atoms with Gasteiger partial charge in [-0.25, -0.2) is 0 Å². The van der Waals surface area contributed by atoms with Crippen LogP contribution in [0.25, 0.3) is 10.6 Å². The van der Waals surface area contributed by atoms with E-state index in [1.165, 1.54) is 41.7 Å². The van der Waals surface area contributed by atoms with Gasteiger partial charge in [-0.3, -0.25) is 15.0 Å². The van der Waals surface area contributed by atoms with Crippen molar-refractivity contribution in [2.75, 3.05) is 25.5 Å². The second kappa shape index (κ2) is 11.5. The summed E-state index contributed by atoms with van der Waals surface area (Å²) in [5.74, 6) is 1.37. The average Bonchev–Trinajstić information content (AvgIpc) is 3.39. The van der Waals surface area contributed by atoms with Gasteiger partial charge in [0.15, 0.2) is 0 Å². The number of aromatic nitrogens is 2. The van der Waals surface area contributed by atoms with Crippen LogP contribution in [0.2, 0.25) is 0 Å². The predicted molar refractivity (Wildman–Crippen MR) is 144 cm³/mol. The molecule has 0 saturated carbocycles. The molecular weight excluding hydrogens is 468 g/mol. The lowest BCUT2D eigenvalue weighted by Crippen LogP contribution is -2.33. The summed E-state index contributed by atoms with van der Waals surface area (Å²) in [4.78, 5) is 15.2. The fraction of sp³-hybridized carbons (Fsp3) is 0.276. The minimum Gasteiger partial charge on any atom is -0.497 e. The molecule has 0 unspecified atom stereocenters. The first kappa shape index (κ1) is 24.2. The Balaban J connectivity index is 1.11. The molecule has 5 rings (SSSR count). The normalized spacial score (nSPS) is 14.5. The maximum Gasteiger partial charge on any atom is 0.257 e. The van der Waals surface area contributed by atoms with Crippen LogP contribution >= 0.6 is 11.3 Å². The van der Waals surface area contributed by atoms with Gasteiger partial charge in [0.05, 0.1) is 7.11 Å². The topological polar surface area (TPSA) is 67.4 Å². The predicted octanol–water partition coefficient (Wildman–Crippen LogP) is 5.92. The fourth-order valence-electron chi connectivity index (χ4n) is 4.61. The van der Waals surface area contributed by atoms with Crippen molar-refractivity contribution in [1.29, 1.82) is 0 Å². The van der Waals surface area contributed by atoms with Crippen LogP contribution in [-0.4, -0.2) is 41.2 Å². The SMILES string of the molecule is COc1ccc(-c2nnc(NC(=O)c3ccc(CN4CCC(Cc5ccccc5)CC4)cc3)s2)cc1. The van der Waals surface area contributed by atoms with Gasteiger partial charge in [-0.2, -0.15) is 0 Å². The van der Waals surface area contributed by atoms with E-state index in [1.54, 1.807) is 7.11 Å². The molecule has 1 N–H and O–H groups in total. The van der Waals surface area contributed by atoms with E-state index in [9.17, 15) is 4.79 Å². The van der Waals surface area contributed by atoms with Gasteiger partial charge in [0.25, 0.3) is 5.91 Å². The quantitative estimate of drug-likeness (QED) is 0.327. The standard InChI is InChI=1S/C29H30N4O2S/c1-35-26-13-11-25(12-14-26)28-31-32-29(36-28)30-27(34)24-9-7-23(8-10-24)20-33-17-15-22(16-18-33)19-21-5-3-2-4-6-21/h2-14,22H,15-20H2,1H3,(H,30,32,34). The van der Waals surface area contributed by atoms with Crippen LogP contribution in [0.15, 0.2) is 78.9 Å². The Bertz CT molecular complexity index is 1260. The molecule has 7 heteroatoms. The molecule has 2 heterocycles. The lowest BCUT2D eigenvalue weighted by Gasteiger charge is -2.32. The number of rotatable bonds is 8. The van der Waals surface area contributed by atoms with Crippen molar-refractivity contribution in [3.05, 3.63) is 95.6 Å². The summed E-state index contributed by atoms with van der Waals surface area (Å²) in [5, 5.41) is 12.4. The van der Waals surface area contributed by atoms with Gasteiger partial charge >= 0.3 is 0 Å². The molecule has 4 aromatic rings. The van der Waals surface area contributed by atoms with Crippen molar-refractivity contribution in [3.8, 4) is 16.3 Å². The number of amides is 1. The van der Waals surface area contributed by atoms with Crippen molar-refractivity contribution < 1.29 is 9.53 Å². The minimum absolute atomic E-state index is 0.180. The molecule has 1 fully saturated rings. The molecule has 184 valence electrons. The summed E-state index contributed by atoms with van der Waals surface area (Å²) < 4.78 is 5.19. The largest absolute Gasteiger partial charge is 0.497 e. The Kier molecular flexibility index (Phi) is 7.69. The zero-order chi connectivity index (χ0) is 24.7. The van der Waals surface area contributed by atoms with Gasteiger partial charge < -0.3 is 4.74 Å². The molecule has 0 spiro atoms. The number of methoxy groups -OCH3 is 1. The van der Waals surface area contributed by atoms with Crippen molar-refractivity contribution >= 4 is 22.4 Å². The molecule has 1 aromatic heterocycles. The maximum atomic E-state index is 12.7. The first-order valence-corrected chi connectivity index (χ1v) is 13.1. The van der Waals surface area contributed by atoms with E-state index in [2.05, 4.69) is 50.7 Å². The number of benzene rings is 3. The summed E-state index contributed by atoms with van der Waals surface area (Å²) >= 11 is 1.35. The van der Waals surface area contributed by atoms with Crippen molar-refractivity contribution in [2.24, 2.45) is 5.92 Å². The number of piperidine rings is 1. The molecular formula is C29H30N4O2S. The highest BCUT2D eigenvalue weighted by molar-refractivity contribution is 7.18. The molecule has 1 aliphatic heterocycles. The number of hydrogen-bond donors (Lipinski definition) is 1. The van der Waals surface area contributed by atoms with Crippen LogP contribution in [0, 0.1) is 5.92 Å². The van der Waals surface area contributed by atoms with Gasteiger partial charge in [-0.1, -0.05) is 53.8 Å². The number of ether oxygens (including phenoxy) is 1. The lowest BCUT2D eigenvalue weighted by molar-refractivity contribution is 0.102. The average molecular weight is 499 g/mol. The monoisotopic (exact) mass is 498 g/mol. The number of carbonyl (C=O) groups excluding carboxylic acids is 1. The molecule has 0 bridgehead atoms. The number of nitrogens with zero attached hydrogens (tertiary/aromatic N) is 3. The number of carbonyl (C=O) groups is 1. The van der Waals surface area contributed by atoms with E-state index in [-0.39, 0.29) is 5.91 Å². The zero-order valence-electron chi connectivity index (χ0n) is 20.4. The first-order valence-electron chi connectivity index (χ1n) is 12.3. The molecule has 1 aliphatic rings. The molecule has 36 heavy (non-hydrogen) atoms. The Labute approximate surface area is 216 Å². The molecule has 0 radical (unpaired) electrons. The van der Waals surface area contributed by atoms with Crippen molar-refractivity contribution in [1.82, 2.24) is 15.1 Å². The molecule has 6 nitrogen and oxygen atoms in total. The van der Waals surface area contributed by atoms with Crippen molar-refractivity contribution in [2.45, 2.75) is 25.8 Å². The number of likely N-dealkylation sites (tertiary alicyclic amines) is 1. The highest BCUT2D eigenvalue weighted by Crippen LogP contribution is 2.28. The van der Waals surface area contributed by atoms with Gasteiger partial charge in [0.2, 0.25) is 5.13 Å². The van der Waals surface area contributed by atoms with E-state index >= 15 is 0 Å². The van der Waals surface area contributed by atoms with E-state index in [0.29, 0.717) is 10.7 Å². The highest BCUT2D eigenvalue weighted by atomic mass is 32.1. The van der Waals surface area contributed by atoms with E-state index in [4.69, 9.17) is 4.74 Å². The summed E-state index contributed by atoms with van der Waals surface area (Å²) in [7, 11) is 1.63. The third kappa shape index (κ3) is 6.17. The van der Waals surface area contributed by atoms with Crippen molar-refractivity contribution in [3.63, 3.8) is 0 Å². The molecule has 1 amide bonds. The van der Waals surface area contributed by atoms with Gasteiger partial charge in [-0.05, 0) is 85.8 Å². The van der Waals surface area contributed by atoms with Crippen LogP contribution in [0.1, 0.15) is 34.3 Å². The summed E-state index contributed by atoms with van der Waals surface area (Å²) in [5.41, 5.74) is 4.21. The second-order valence-electron chi connectivity index (χ2n) is 9.20. The Hall–Kier alpha value is -3.55. The van der Waals surface area contributed by atoms with E-state index in [1.807, 2.05) is 48.5 Å². The summed E-state index contributed by atoms with van der Waals surface area (Å²) in [6.07, 6.45) is 3.64. The third-order valence-corrected chi connectivity index (χ3v) is 7.57. The molecule has 3 aromatic carbocycles. The zero-order valence-corrected chi connectivity index (χ0v) is 21.2. The summed E-state index contributed by atoms with van der Waals surface area (Å²) in [6.45, 7) is 3.15. The number of hydrogen-bond acceptors (Lipinski definition) is 6. The Morgan fingerprint density at radius 1 is 0.944 bits per heavy atom. The Morgan fingerprint density at radius 3 is 2.36 bits per heavy atom. The number of anilines is 1. The van der Waals surface area contributed by atoms with Crippen LogP contribution in [0.3, 0.4) is 0 Å². The summed E-state index contributed by atoms with van der Waals surface area (Å²) in [6, 6.07) is 26.3. The van der Waals surface area contributed by atoms with Gasteiger partial charge in [0, 0.05) is 17.7 Å². The van der Waals surface area contributed by atoms with Gasteiger partial charge in [0.1, 0.15) is 10.8 Å². The van der Waals surface area contributed by atoms with E-state index in [0.717, 1.165) is 41.9 Å². The molecule has 0 aliphatic carbocycles. The Morgan fingerprint density at radius 2 is 1.67 bits per heavy atom. The van der Waals surface area contributed by atoms with Crippen LogP contribution in [0.4, 0.5) is 5.13 Å².